The number of hydrogen-bond acceptors (Lipinski definition) is 3. The molecule has 128 valence electrons. The maximum atomic E-state index is 13.1. The first kappa shape index (κ1) is 17.1. The summed E-state index contributed by atoms with van der Waals surface area (Å²) in [7, 11) is 0. The summed E-state index contributed by atoms with van der Waals surface area (Å²) < 4.78 is 18.8. The van der Waals surface area contributed by atoms with Crippen molar-refractivity contribution >= 4 is 5.91 Å². The van der Waals surface area contributed by atoms with Crippen molar-refractivity contribution in [1.82, 2.24) is 9.88 Å². The highest BCUT2D eigenvalue weighted by molar-refractivity contribution is 5.92. The predicted molar refractivity (Wildman–Crippen MR) is 92.6 cm³/mol. The second kappa shape index (κ2) is 7.04. The minimum Gasteiger partial charge on any atom is -0.372 e. The van der Waals surface area contributed by atoms with E-state index in [1.807, 2.05) is 13.8 Å². The average molecular weight is 338 g/mol. The number of benzene rings is 1. The lowest BCUT2D eigenvalue weighted by molar-refractivity contribution is -0.0765. The van der Waals surface area contributed by atoms with Crippen LogP contribution in [0.15, 0.2) is 42.6 Å². The highest BCUT2D eigenvalue weighted by Crippen LogP contribution is 2.18. The number of amides is 1. The van der Waals surface area contributed by atoms with Crippen LogP contribution in [0.1, 0.15) is 35.5 Å². The van der Waals surface area contributed by atoms with Crippen molar-refractivity contribution in [2.45, 2.75) is 19.4 Å². The fraction of sp³-hybridized carbons (Fsp3) is 0.300. The molecular formula is C20H19FN2O2. The molecule has 1 fully saturated rings. The number of rotatable bonds is 1. The molecule has 2 aromatic rings. The first-order valence-corrected chi connectivity index (χ1v) is 8.10. The van der Waals surface area contributed by atoms with Crippen molar-refractivity contribution in [1.29, 1.82) is 0 Å². The fourth-order valence-corrected chi connectivity index (χ4v) is 2.66. The topological polar surface area (TPSA) is 42.4 Å². The lowest BCUT2D eigenvalue weighted by atomic mass is 10.1. The number of hydrogen-bond donors (Lipinski definition) is 0. The molecule has 0 atom stereocenters. The maximum absolute atomic E-state index is 13.1. The lowest BCUT2D eigenvalue weighted by Crippen LogP contribution is -2.50. The molecule has 1 aliphatic heterocycles. The van der Waals surface area contributed by atoms with Crippen LogP contribution >= 0.6 is 0 Å². The van der Waals surface area contributed by atoms with E-state index in [9.17, 15) is 9.18 Å². The van der Waals surface area contributed by atoms with E-state index < -0.39 is 0 Å². The third-order valence-electron chi connectivity index (χ3n) is 3.87. The van der Waals surface area contributed by atoms with E-state index in [2.05, 4.69) is 16.8 Å². The maximum Gasteiger partial charge on any atom is 0.272 e. The van der Waals surface area contributed by atoms with Crippen molar-refractivity contribution in [3.63, 3.8) is 0 Å². The molecule has 0 radical (unpaired) electrons. The zero-order chi connectivity index (χ0) is 17.9. The average Bonchev–Trinajstić information content (AvgIpc) is 2.59. The number of carbonyl (C=O) groups excluding carboxylic acids is 1. The highest BCUT2D eigenvalue weighted by Gasteiger charge is 2.30. The van der Waals surface area contributed by atoms with Crippen LogP contribution in [0.25, 0.3) is 0 Å². The Hall–Kier alpha value is -2.71. The van der Waals surface area contributed by atoms with Gasteiger partial charge in [0.05, 0.1) is 12.2 Å². The summed E-state index contributed by atoms with van der Waals surface area (Å²) in [4.78, 5) is 18.5. The predicted octanol–water partition coefficient (Wildman–Crippen LogP) is 2.87. The first-order chi connectivity index (χ1) is 11.9. The second-order valence-electron chi connectivity index (χ2n) is 6.53. The normalized spacial score (nSPS) is 16.0. The zero-order valence-electron chi connectivity index (χ0n) is 14.3. The number of pyridine rings is 1. The molecule has 3 rings (SSSR count). The Morgan fingerprint density at radius 2 is 2.04 bits per heavy atom. The largest absolute Gasteiger partial charge is 0.372 e. The van der Waals surface area contributed by atoms with E-state index in [1.54, 1.807) is 35.4 Å². The minimum atomic E-state index is -0.343. The van der Waals surface area contributed by atoms with Gasteiger partial charge in [-0.05, 0) is 44.2 Å². The van der Waals surface area contributed by atoms with Crippen LogP contribution in [0, 0.1) is 17.7 Å². The third kappa shape index (κ3) is 4.43. The van der Waals surface area contributed by atoms with Gasteiger partial charge in [0.1, 0.15) is 11.5 Å². The molecule has 1 saturated heterocycles. The molecule has 25 heavy (non-hydrogen) atoms. The second-order valence-corrected chi connectivity index (χ2v) is 6.53. The van der Waals surface area contributed by atoms with Gasteiger partial charge in [-0.3, -0.25) is 4.79 Å². The number of nitrogens with zero attached hydrogens (tertiary/aromatic N) is 2. The molecule has 0 unspecified atom stereocenters. The van der Waals surface area contributed by atoms with Gasteiger partial charge in [-0.15, -0.1) is 0 Å². The Bertz CT molecular complexity index is 835. The summed E-state index contributed by atoms with van der Waals surface area (Å²) >= 11 is 0. The Balaban J connectivity index is 1.71. The summed E-state index contributed by atoms with van der Waals surface area (Å²) in [6.07, 6.45) is 1.56. The van der Waals surface area contributed by atoms with Crippen LogP contribution in [0.2, 0.25) is 0 Å². The number of aromatic nitrogens is 1. The highest BCUT2D eigenvalue weighted by atomic mass is 19.1. The van der Waals surface area contributed by atoms with Crippen molar-refractivity contribution < 1.29 is 13.9 Å². The van der Waals surface area contributed by atoms with E-state index >= 15 is 0 Å². The van der Waals surface area contributed by atoms with Crippen LogP contribution in [0.3, 0.4) is 0 Å². The molecule has 0 spiro atoms. The smallest absolute Gasteiger partial charge is 0.272 e. The Labute approximate surface area is 146 Å². The van der Waals surface area contributed by atoms with Gasteiger partial charge < -0.3 is 9.64 Å². The van der Waals surface area contributed by atoms with Crippen LogP contribution in [0.4, 0.5) is 4.39 Å². The minimum absolute atomic E-state index is 0.110. The molecule has 4 nitrogen and oxygen atoms in total. The van der Waals surface area contributed by atoms with Gasteiger partial charge in [-0.25, -0.2) is 9.37 Å². The quantitative estimate of drug-likeness (QED) is 0.751. The van der Waals surface area contributed by atoms with Crippen molar-refractivity contribution in [3.8, 4) is 11.8 Å². The zero-order valence-corrected chi connectivity index (χ0v) is 14.3. The van der Waals surface area contributed by atoms with Crippen molar-refractivity contribution in [2.75, 3.05) is 19.7 Å². The van der Waals surface area contributed by atoms with E-state index in [-0.39, 0.29) is 17.3 Å². The molecule has 0 aliphatic carbocycles. The van der Waals surface area contributed by atoms with Crippen molar-refractivity contribution in [2.24, 2.45) is 0 Å². The van der Waals surface area contributed by atoms with Gasteiger partial charge in [0, 0.05) is 30.4 Å². The molecule has 0 bridgehead atoms. The number of carbonyl (C=O) groups is 1. The number of halogens is 1. The van der Waals surface area contributed by atoms with Crippen LogP contribution in [-0.4, -0.2) is 41.1 Å². The summed E-state index contributed by atoms with van der Waals surface area (Å²) in [5.74, 6) is 5.38. The number of morpholine rings is 1. The summed E-state index contributed by atoms with van der Waals surface area (Å²) in [6.45, 7) is 5.55. The first-order valence-electron chi connectivity index (χ1n) is 8.10. The van der Waals surface area contributed by atoms with Gasteiger partial charge in [0.25, 0.3) is 5.91 Å². The van der Waals surface area contributed by atoms with E-state index in [1.165, 1.54) is 12.1 Å². The van der Waals surface area contributed by atoms with Gasteiger partial charge >= 0.3 is 0 Å². The Morgan fingerprint density at radius 3 is 2.72 bits per heavy atom. The molecule has 2 heterocycles. The Kier molecular flexibility index (Phi) is 4.82. The van der Waals surface area contributed by atoms with Crippen LogP contribution < -0.4 is 0 Å². The summed E-state index contributed by atoms with van der Waals surface area (Å²) in [6, 6.07) is 9.52. The van der Waals surface area contributed by atoms with Gasteiger partial charge in [0.15, 0.2) is 0 Å². The van der Waals surface area contributed by atoms with Crippen molar-refractivity contribution in [3.05, 3.63) is 65.2 Å². The van der Waals surface area contributed by atoms with E-state index in [4.69, 9.17) is 4.74 Å². The lowest BCUT2D eigenvalue weighted by Gasteiger charge is -2.37. The van der Waals surface area contributed by atoms with Gasteiger partial charge in [-0.2, -0.15) is 0 Å². The third-order valence-corrected chi connectivity index (χ3v) is 3.87. The fourth-order valence-electron chi connectivity index (χ4n) is 2.66. The Morgan fingerprint density at radius 1 is 1.24 bits per heavy atom. The molecule has 0 N–H and O–H groups in total. The molecule has 1 aromatic carbocycles. The SMILES string of the molecule is CC1(C)CN(C(=O)c2ccc(C#Cc3cccc(F)c3)cn2)CCO1. The van der Waals surface area contributed by atoms with Gasteiger partial charge in [0.2, 0.25) is 0 Å². The molecule has 5 heteroatoms. The molecule has 1 aliphatic rings. The molecular weight excluding hydrogens is 319 g/mol. The summed E-state index contributed by atoms with van der Waals surface area (Å²) in [5, 5.41) is 0. The molecule has 1 aromatic heterocycles. The standard InChI is InChI=1S/C20H19FN2O2/c1-20(2)14-23(10-11-25-20)19(24)18-9-8-16(13-22-18)7-6-15-4-3-5-17(21)12-15/h3-5,8-9,12-13H,10-11,14H2,1-2H3. The van der Waals surface area contributed by atoms with Crippen LogP contribution in [0.5, 0.6) is 0 Å². The summed E-state index contributed by atoms with van der Waals surface area (Å²) in [5.41, 5.74) is 1.30. The van der Waals surface area contributed by atoms with E-state index in [0.717, 1.165) is 0 Å². The van der Waals surface area contributed by atoms with Gasteiger partial charge in [-0.1, -0.05) is 17.9 Å². The number of ether oxygens (including phenoxy) is 1. The molecule has 0 saturated carbocycles. The van der Waals surface area contributed by atoms with E-state index in [0.29, 0.717) is 36.5 Å². The molecule has 1 amide bonds. The monoisotopic (exact) mass is 338 g/mol. The van der Waals surface area contributed by atoms with Crippen LogP contribution in [-0.2, 0) is 4.74 Å².